The van der Waals surface area contributed by atoms with Gasteiger partial charge in [0.15, 0.2) is 0 Å². The second-order valence-corrected chi connectivity index (χ2v) is 8.91. The Bertz CT molecular complexity index is 1120. The Morgan fingerprint density at radius 3 is 2.50 bits per heavy atom. The summed E-state index contributed by atoms with van der Waals surface area (Å²) in [6, 6.07) is 22.1. The number of carbonyl (C=O) groups excluding carboxylic acids is 2. The van der Waals surface area contributed by atoms with E-state index in [4.69, 9.17) is 0 Å². The van der Waals surface area contributed by atoms with E-state index in [1.807, 2.05) is 61.5 Å². The van der Waals surface area contributed by atoms with Gasteiger partial charge in [-0.05, 0) is 54.3 Å². The van der Waals surface area contributed by atoms with E-state index in [0.717, 1.165) is 11.1 Å². The molecule has 1 saturated heterocycles. The summed E-state index contributed by atoms with van der Waals surface area (Å²) in [5, 5.41) is 2.76. The van der Waals surface area contributed by atoms with Gasteiger partial charge in [-0.25, -0.2) is 4.39 Å². The van der Waals surface area contributed by atoms with E-state index >= 15 is 0 Å². The number of hydrogen-bond acceptors (Lipinski definition) is 3. The number of nitrogens with zero attached hydrogens (tertiary/aromatic N) is 1. The predicted molar refractivity (Wildman–Crippen MR) is 128 cm³/mol. The van der Waals surface area contributed by atoms with Crippen molar-refractivity contribution in [2.75, 3.05) is 16.0 Å². The van der Waals surface area contributed by atoms with Crippen molar-refractivity contribution in [1.29, 1.82) is 0 Å². The molecular formula is C26H25FN2O2S. The SMILES string of the molecule is CC[C@H](C(=O)Nc1ccc([C@H]2SCC(=O)N2c2ccc(C)c(F)c2)cc1)c1ccccc1. The Hall–Kier alpha value is -3.12. The average molecular weight is 449 g/mol. The number of nitrogens with one attached hydrogen (secondary N) is 1. The van der Waals surface area contributed by atoms with Gasteiger partial charge in [-0.1, -0.05) is 55.5 Å². The first-order valence-corrected chi connectivity index (χ1v) is 11.7. The Labute approximate surface area is 191 Å². The number of carbonyl (C=O) groups is 2. The van der Waals surface area contributed by atoms with E-state index in [-0.39, 0.29) is 28.9 Å². The van der Waals surface area contributed by atoms with Crippen molar-refractivity contribution in [3.8, 4) is 0 Å². The van der Waals surface area contributed by atoms with E-state index in [1.54, 1.807) is 24.0 Å². The van der Waals surface area contributed by atoms with Gasteiger partial charge in [0.05, 0.1) is 11.7 Å². The van der Waals surface area contributed by atoms with Crippen molar-refractivity contribution in [2.24, 2.45) is 0 Å². The van der Waals surface area contributed by atoms with E-state index in [2.05, 4.69) is 5.32 Å². The van der Waals surface area contributed by atoms with Crippen LogP contribution >= 0.6 is 11.8 Å². The number of anilines is 2. The van der Waals surface area contributed by atoms with E-state index in [9.17, 15) is 14.0 Å². The molecule has 1 fully saturated rings. The summed E-state index contributed by atoms with van der Waals surface area (Å²) in [4.78, 5) is 27.0. The Morgan fingerprint density at radius 2 is 1.84 bits per heavy atom. The molecule has 4 nitrogen and oxygen atoms in total. The summed E-state index contributed by atoms with van der Waals surface area (Å²) in [6.07, 6.45) is 0.705. The number of amides is 2. The molecule has 3 aromatic rings. The van der Waals surface area contributed by atoms with Gasteiger partial charge in [0.25, 0.3) is 0 Å². The molecule has 4 rings (SSSR count). The van der Waals surface area contributed by atoms with E-state index in [1.165, 1.54) is 17.8 Å². The van der Waals surface area contributed by atoms with Crippen LogP contribution in [0.3, 0.4) is 0 Å². The smallest absolute Gasteiger partial charge is 0.238 e. The Balaban J connectivity index is 1.51. The molecule has 1 aliphatic heterocycles. The van der Waals surface area contributed by atoms with Crippen LogP contribution in [0.25, 0.3) is 0 Å². The number of benzene rings is 3. The lowest BCUT2D eigenvalue weighted by molar-refractivity contribution is -0.118. The van der Waals surface area contributed by atoms with Crippen LogP contribution < -0.4 is 10.2 Å². The first kappa shape index (κ1) is 22.1. The fourth-order valence-electron chi connectivity index (χ4n) is 3.90. The van der Waals surface area contributed by atoms with E-state index < -0.39 is 0 Å². The summed E-state index contributed by atoms with van der Waals surface area (Å²) < 4.78 is 14.1. The number of rotatable bonds is 6. The van der Waals surface area contributed by atoms with Gasteiger partial charge >= 0.3 is 0 Å². The van der Waals surface area contributed by atoms with Crippen molar-refractivity contribution >= 4 is 35.0 Å². The first-order valence-electron chi connectivity index (χ1n) is 10.6. The summed E-state index contributed by atoms with van der Waals surface area (Å²) in [5.74, 6) is -0.296. The summed E-state index contributed by atoms with van der Waals surface area (Å²) in [7, 11) is 0. The highest BCUT2D eigenvalue weighted by Crippen LogP contribution is 2.42. The molecule has 0 spiro atoms. The quantitative estimate of drug-likeness (QED) is 0.500. The van der Waals surface area contributed by atoms with E-state index in [0.29, 0.717) is 29.1 Å². The minimum atomic E-state index is -0.326. The van der Waals surface area contributed by atoms with Gasteiger partial charge in [-0.2, -0.15) is 0 Å². The Kier molecular flexibility index (Phi) is 6.61. The van der Waals surface area contributed by atoms with Crippen LogP contribution in [0.4, 0.5) is 15.8 Å². The molecule has 2 atom stereocenters. The van der Waals surface area contributed by atoms with Crippen LogP contribution in [0.15, 0.2) is 72.8 Å². The molecule has 2 amide bonds. The zero-order chi connectivity index (χ0) is 22.7. The molecule has 1 aliphatic rings. The van der Waals surface area contributed by atoms with Crippen molar-refractivity contribution in [1.82, 2.24) is 0 Å². The third kappa shape index (κ3) is 4.55. The largest absolute Gasteiger partial charge is 0.326 e. The van der Waals surface area contributed by atoms with Crippen LogP contribution in [-0.4, -0.2) is 17.6 Å². The van der Waals surface area contributed by atoms with Crippen LogP contribution in [0.1, 0.15) is 41.3 Å². The minimum Gasteiger partial charge on any atom is -0.326 e. The second kappa shape index (κ2) is 9.57. The lowest BCUT2D eigenvalue weighted by atomic mass is 9.95. The van der Waals surface area contributed by atoms with Crippen LogP contribution in [0.2, 0.25) is 0 Å². The maximum absolute atomic E-state index is 14.1. The highest BCUT2D eigenvalue weighted by atomic mass is 32.2. The predicted octanol–water partition coefficient (Wildman–Crippen LogP) is 6.05. The number of aryl methyl sites for hydroxylation is 1. The maximum atomic E-state index is 14.1. The zero-order valence-corrected chi connectivity index (χ0v) is 18.9. The molecule has 0 aromatic heterocycles. The van der Waals surface area contributed by atoms with Gasteiger partial charge in [0.1, 0.15) is 11.2 Å². The molecule has 1 N–H and O–H groups in total. The molecule has 0 aliphatic carbocycles. The maximum Gasteiger partial charge on any atom is 0.238 e. The fraction of sp³-hybridized carbons (Fsp3) is 0.231. The summed E-state index contributed by atoms with van der Waals surface area (Å²) >= 11 is 1.51. The molecule has 3 aromatic carbocycles. The van der Waals surface area contributed by atoms with Crippen molar-refractivity contribution in [2.45, 2.75) is 31.6 Å². The summed E-state index contributed by atoms with van der Waals surface area (Å²) in [5.41, 5.74) is 3.72. The van der Waals surface area contributed by atoms with Gasteiger partial charge in [-0.15, -0.1) is 11.8 Å². The van der Waals surface area contributed by atoms with Crippen molar-refractivity contribution in [3.05, 3.63) is 95.3 Å². The average Bonchev–Trinajstić information content (AvgIpc) is 3.19. The highest BCUT2D eigenvalue weighted by Gasteiger charge is 2.34. The molecule has 0 bridgehead atoms. The molecule has 0 saturated carbocycles. The molecule has 6 heteroatoms. The van der Waals surface area contributed by atoms with Gasteiger partial charge < -0.3 is 5.32 Å². The molecule has 164 valence electrons. The number of halogens is 1. The standard InChI is InChI=1S/C26H25FN2O2S/c1-3-22(18-7-5-4-6-8-18)25(31)28-20-12-10-19(11-13-20)26-29(24(30)16-32-26)21-14-9-17(2)23(27)15-21/h4-15,22,26H,3,16H2,1-2H3,(H,28,31)/t22-,26+/m0/s1. The zero-order valence-electron chi connectivity index (χ0n) is 18.0. The van der Waals surface area contributed by atoms with Gasteiger partial charge in [0, 0.05) is 11.4 Å². The van der Waals surface area contributed by atoms with Crippen LogP contribution in [0, 0.1) is 12.7 Å². The third-order valence-electron chi connectivity index (χ3n) is 5.69. The molecule has 0 radical (unpaired) electrons. The normalized spacial score (nSPS) is 16.8. The highest BCUT2D eigenvalue weighted by molar-refractivity contribution is 8.00. The fourth-order valence-corrected chi connectivity index (χ4v) is 5.08. The van der Waals surface area contributed by atoms with Crippen LogP contribution in [-0.2, 0) is 9.59 Å². The molecule has 0 unspecified atom stereocenters. The van der Waals surface area contributed by atoms with Crippen molar-refractivity contribution < 1.29 is 14.0 Å². The van der Waals surface area contributed by atoms with Gasteiger partial charge in [-0.3, -0.25) is 14.5 Å². The van der Waals surface area contributed by atoms with Crippen molar-refractivity contribution in [3.63, 3.8) is 0 Å². The lowest BCUT2D eigenvalue weighted by Crippen LogP contribution is -2.28. The Morgan fingerprint density at radius 1 is 1.12 bits per heavy atom. The topological polar surface area (TPSA) is 49.4 Å². The lowest BCUT2D eigenvalue weighted by Gasteiger charge is -2.25. The molecule has 32 heavy (non-hydrogen) atoms. The second-order valence-electron chi connectivity index (χ2n) is 7.84. The molecular weight excluding hydrogens is 423 g/mol. The third-order valence-corrected chi connectivity index (χ3v) is 6.90. The van der Waals surface area contributed by atoms with Crippen LogP contribution in [0.5, 0.6) is 0 Å². The van der Waals surface area contributed by atoms with Gasteiger partial charge in [0.2, 0.25) is 11.8 Å². The minimum absolute atomic E-state index is 0.0470. The summed E-state index contributed by atoms with van der Waals surface area (Å²) in [6.45, 7) is 3.70. The first-order chi connectivity index (χ1) is 15.5. The number of thioether (sulfide) groups is 1. The number of hydrogen-bond donors (Lipinski definition) is 1. The molecule has 1 heterocycles. The monoisotopic (exact) mass is 448 g/mol.